The minimum absolute atomic E-state index is 0.664. The van der Waals surface area contributed by atoms with Crippen molar-refractivity contribution < 1.29 is 9.47 Å². The number of nitrogens with zero attached hydrogens (tertiary/aromatic N) is 1. The van der Waals surface area contributed by atoms with Crippen molar-refractivity contribution >= 4 is 0 Å². The highest BCUT2D eigenvalue weighted by molar-refractivity contribution is 5.31. The number of fused-ring (bicyclic) bond motifs is 3. The lowest BCUT2D eigenvalue weighted by Crippen LogP contribution is -2.56. The molecule has 4 nitrogen and oxygen atoms in total. The normalized spacial score (nSPS) is 28.4. The molecular formula is C16H24N2O2. The Hall–Kier alpha value is -1.26. The van der Waals surface area contributed by atoms with Gasteiger partial charge in [-0.3, -0.25) is 0 Å². The summed E-state index contributed by atoms with van der Waals surface area (Å²) in [5.74, 6) is 2.64. The molecule has 1 unspecified atom stereocenters. The van der Waals surface area contributed by atoms with E-state index >= 15 is 0 Å². The van der Waals surface area contributed by atoms with Gasteiger partial charge < -0.3 is 19.7 Å². The zero-order chi connectivity index (χ0) is 13.8. The van der Waals surface area contributed by atoms with Gasteiger partial charge in [0.2, 0.25) is 0 Å². The molecular weight excluding hydrogens is 252 g/mol. The van der Waals surface area contributed by atoms with Gasteiger partial charge in [-0.15, -0.1) is 0 Å². The Morgan fingerprint density at radius 3 is 2.45 bits per heavy atom. The number of methoxy groups -OCH3 is 1. The molecule has 1 N–H and O–H groups in total. The standard InChI is InChI=1S/C16H24N2O2/c1-19-14-2-4-15(5-3-14)20-11-8-17-16-12-18-9-6-13(16)7-10-18/h2-5,13,16-17H,6-12H2,1H3. The first-order valence-electron chi connectivity index (χ1n) is 7.58. The molecule has 4 heteroatoms. The number of hydrogen-bond acceptors (Lipinski definition) is 4. The Labute approximate surface area is 121 Å². The maximum Gasteiger partial charge on any atom is 0.119 e. The van der Waals surface area contributed by atoms with E-state index in [0.29, 0.717) is 6.04 Å². The van der Waals surface area contributed by atoms with Crippen LogP contribution < -0.4 is 14.8 Å². The topological polar surface area (TPSA) is 33.7 Å². The maximum atomic E-state index is 5.74. The molecule has 1 aromatic carbocycles. The third kappa shape index (κ3) is 3.25. The van der Waals surface area contributed by atoms with E-state index in [2.05, 4.69) is 10.2 Å². The smallest absolute Gasteiger partial charge is 0.119 e. The van der Waals surface area contributed by atoms with Gasteiger partial charge in [-0.25, -0.2) is 0 Å². The molecule has 0 aliphatic carbocycles. The number of benzene rings is 1. The predicted octanol–water partition coefficient (Wildman–Crippen LogP) is 1.76. The van der Waals surface area contributed by atoms with Crippen LogP contribution in [0.5, 0.6) is 11.5 Å². The highest BCUT2D eigenvalue weighted by atomic mass is 16.5. The van der Waals surface area contributed by atoms with Crippen molar-refractivity contribution in [3.63, 3.8) is 0 Å². The van der Waals surface area contributed by atoms with Crippen LogP contribution in [-0.4, -0.2) is 50.8 Å². The van der Waals surface area contributed by atoms with Crippen LogP contribution in [0.1, 0.15) is 12.8 Å². The molecule has 3 saturated heterocycles. The van der Waals surface area contributed by atoms with Crippen LogP contribution in [-0.2, 0) is 0 Å². The number of rotatable bonds is 6. The van der Waals surface area contributed by atoms with Crippen molar-refractivity contribution in [3.8, 4) is 11.5 Å². The van der Waals surface area contributed by atoms with Crippen molar-refractivity contribution in [2.24, 2.45) is 5.92 Å². The Morgan fingerprint density at radius 2 is 1.85 bits per heavy atom. The fraction of sp³-hybridized carbons (Fsp3) is 0.625. The Kier molecular flexibility index (Phi) is 4.43. The molecule has 1 atom stereocenters. The predicted molar refractivity (Wildman–Crippen MR) is 79.4 cm³/mol. The summed E-state index contributed by atoms with van der Waals surface area (Å²) >= 11 is 0. The number of ether oxygens (including phenoxy) is 2. The van der Waals surface area contributed by atoms with Gasteiger partial charge in [0, 0.05) is 19.1 Å². The van der Waals surface area contributed by atoms with E-state index in [9.17, 15) is 0 Å². The summed E-state index contributed by atoms with van der Waals surface area (Å²) in [5, 5.41) is 3.65. The van der Waals surface area contributed by atoms with Crippen LogP contribution in [0.4, 0.5) is 0 Å². The van der Waals surface area contributed by atoms with Gasteiger partial charge >= 0.3 is 0 Å². The first-order valence-corrected chi connectivity index (χ1v) is 7.58. The summed E-state index contributed by atoms with van der Waals surface area (Å²) < 4.78 is 10.9. The molecule has 110 valence electrons. The minimum atomic E-state index is 0.664. The monoisotopic (exact) mass is 276 g/mol. The van der Waals surface area contributed by atoms with E-state index < -0.39 is 0 Å². The zero-order valence-corrected chi connectivity index (χ0v) is 12.2. The van der Waals surface area contributed by atoms with Gasteiger partial charge in [0.05, 0.1) is 7.11 Å². The lowest BCUT2D eigenvalue weighted by atomic mass is 9.84. The summed E-state index contributed by atoms with van der Waals surface area (Å²) in [6.45, 7) is 5.44. The largest absolute Gasteiger partial charge is 0.497 e. The van der Waals surface area contributed by atoms with E-state index in [1.54, 1.807) is 7.11 Å². The Morgan fingerprint density at radius 1 is 1.15 bits per heavy atom. The fourth-order valence-corrected chi connectivity index (χ4v) is 3.28. The summed E-state index contributed by atoms with van der Waals surface area (Å²) in [5.41, 5.74) is 0. The van der Waals surface area contributed by atoms with E-state index in [1.165, 1.54) is 32.5 Å². The molecule has 1 aromatic rings. The van der Waals surface area contributed by atoms with E-state index in [1.807, 2.05) is 24.3 Å². The highest BCUT2D eigenvalue weighted by Gasteiger charge is 2.33. The van der Waals surface area contributed by atoms with E-state index in [4.69, 9.17) is 9.47 Å². The summed E-state index contributed by atoms with van der Waals surface area (Å²) in [6, 6.07) is 8.42. The summed E-state index contributed by atoms with van der Waals surface area (Å²) in [4.78, 5) is 2.57. The van der Waals surface area contributed by atoms with Crippen LogP contribution in [0.25, 0.3) is 0 Å². The third-order valence-electron chi connectivity index (χ3n) is 4.49. The molecule has 4 rings (SSSR count). The second kappa shape index (κ2) is 6.46. The molecule has 3 aliphatic rings. The molecule has 3 heterocycles. The molecule has 2 bridgehead atoms. The first-order chi connectivity index (χ1) is 9.85. The van der Waals surface area contributed by atoms with Crippen molar-refractivity contribution in [1.82, 2.24) is 10.2 Å². The lowest BCUT2D eigenvalue weighted by Gasteiger charge is -2.45. The first kappa shape index (κ1) is 13.7. The molecule has 0 radical (unpaired) electrons. The molecule has 3 aliphatic heterocycles. The van der Waals surface area contributed by atoms with E-state index in [0.717, 1.165) is 30.6 Å². The highest BCUT2D eigenvalue weighted by Crippen LogP contribution is 2.27. The second-order valence-corrected chi connectivity index (χ2v) is 5.72. The van der Waals surface area contributed by atoms with Gasteiger partial charge in [-0.05, 0) is 56.1 Å². The van der Waals surface area contributed by atoms with Crippen LogP contribution in [0.3, 0.4) is 0 Å². The molecule has 3 fully saturated rings. The van der Waals surface area contributed by atoms with Gasteiger partial charge in [-0.2, -0.15) is 0 Å². The van der Waals surface area contributed by atoms with Crippen LogP contribution >= 0.6 is 0 Å². The van der Waals surface area contributed by atoms with Crippen LogP contribution in [0.2, 0.25) is 0 Å². The number of nitrogens with one attached hydrogen (secondary N) is 1. The van der Waals surface area contributed by atoms with Crippen molar-refractivity contribution in [1.29, 1.82) is 0 Å². The third-order valence-corrected chi connectivity index (χ3v) is 4.49. The Bertz CT molecular complexity index is 413. The quantitative estimate of drug-likeness (QED) is 0.803. The molecule has 20 heavy (non-hydrogen) atoms. The SMILES string of the molecule is COc1ccc(OCCNC2CN3CCC2CC3)cc1. The van der Waals surface area contributed by atoms with Crippen molar-refractivity contribution in [2.75, 3.05) is 39.9 Å². The molecule has 0 aromatic heterocycles. The van der Waals surface area contributed by atoms with Crippen LogP contribution in [0.15, 0.2) is 24.3 Å². The number of piperidine rings is 3. The zero-order valence-electron chi connectivity index (χ0n) is 12.2. The lowest BCUT2D eigenvalue weighted by molar-refractivity contribution is 0.0710. The van der Waals surface area contributed by atoms with Crippen LogP contribution in [0, 0.1) is 5.92 Å². The average molecular weight is 276 g/mol. The van der Waals surface area contributed by atoms with Crippen molar-refractivity contribution in [3.05, 3.63) is 24.3 Å². The fourth-order valence-electron chi connectivity index (χ4n) is 3.28. The van der Waals surface area contributed by atoms with Gasteiger partial charge in [-0.1, -0.05) is 0 Å². The maximum absolute atomic E-state index is 5.74. The van der Waals surface area contributed by atoms with Gasteiger partial charge in [0.25, 0.3) is 0 Å². The summed E-state index contributed by atoms with van der Waals surface area (Å²) in [6.07, 6.45) is 2.72. The molecule has 0 saturated carbocycles. The molecule has 0 amide bonds. The Balaban J connectivity index is 1.37. The minimum Gasteiger partial charge on any atom is -0.497 e. The second-order valence-electron chi connectivity index (χ2n) is 5.72. The van der Waals surface area contributed by atoms with Gasteiger partial charge in [0.15, 0.2) is 0 Å². The van der Waals surface area contributed by atoms with E-state index in [-0.39, 0.29) is 0 Å². The van der Waals surface area contributed by atoms with Crippen molar-refractivity contribution in [2.45, 2.75) is 18.9 Å². The van der Waals surface area contributed by atoms with Gasteiger partial charge in [0.1, 0.15) is 18.1 Å². The average Bonchev–Trinajstić information content (AvgIpc) is 2.53. The number of hydrogen-bond donors (Lipinski definition) is 1. The molecule has 0 spiro atoms. The summed E-state index contributed by atoms with van der Waals surface area (Å²) in [7, 11) is 1.67.